The minimum Gasteiger partial charge on any atom is -0.472 e. The first-order valence-electron chi connectivity index (χ1n) is 10.3. The van der Waals surface area contributed by atoms with E-state index >= 15 is 0 Å². The molecule has 1 aliphatic carbocycles. The Kier molecular flexibility index (Phi) is 6.22. The second-order valence-electron chi connectivity index (χ2n) is 7.79. The molecular weight excluding hydrogens is 398 g/mol. The molecule has 1 aliphatic rings. The van der Waals surface area contributed by atoms with Gasteiger partial charge in [0.2, 0.25) is 5.88 Å². The molecule has 9 nitrogen and oxygen atoms in total. The molecule has 0 aromatic carbocycles. The Morgan fingerprint density at radius 3 is 2.81 bits per heavy atom. The number of nitrogens with one attached hydrogen (secondary N) is 1. The predicted molar refractivity (Wildman–Crippen MR) is 111 cm³/mol. The van der Waals surface area contributed by atoms with Crippen molar-refractivity contribution in [1.29, 1.82) is 0 Å². The molecule has 0 radical (unpaired) electrons. The van der Waals surface area contributed by atoms with Gasteiger partial charge in [0, 0.05) is 29.6 Å². The van der Waals surface area contributed by atoms with Crippen LogP contribution in [0.4, 0.5) is 0 Å². The van der Waals surface area contributed by atoms with Gasteiger partial charge in [-0.3, -0.25) is 9.78 Å². The molecule has 4 rings (SSSR count). The highest BCUT2D eigenvalue weighted by Gasteiger charge is 2.23. The van der Waals surface area contributed by atoms with E-state index in [2.05, 4.69) is 25.7 Å². The van der Waals surface area contributed by atoms with E-state index in [-0.39, 0.29) is 30.4 Å². The van der Waals surface area contributed by atoms with Crippen LogP contribution in [0, 0.1) is 13.8 Å². The highest BCUT2D eigenvalue weighted by atomic mass is 16.5. The van der Waals surface area contributed by atoms with Gasteiger partial charge in [-0.25, -0.2) is 0 Å². The molecular formula is C22H25N5O4. The number of aliphatic hydroxyl groups excluding tert-OH is 1. The minimum atomic E-state index is -0.359. The number of rotatable bonds is 6. The van der Waals surface area contributed by atoms with Crippen LogP contribution in [0.2, 0.25) is 0 Å². The number of aryl methyl sites for hydroxylation is 2. The van der Waals surface area contributed by atoms with Crippen molar-refractivity contribution in [3.8, 4) is 17.1 Å². The van der Waals surface area contributed by atoms with Crippen LogP contribution in [0.15, 0.2) is 35.0 Å². The number of carbonyl (C=O) groups excluding carboxylic acids is 1. The molecule has 9 heteroatoms. The fourth-order valence-electron chi connectivity index (χ4n) is 3.61. The van der Waals surface area contributed by atoms with Crippen molar-refractivity contribution in [2.75, 3.05) is 0 Å². The fraction of sp³-hybridized carbons (Fsp3) is 0.409. The Hall–Kier alpha value is -3.33. The topological polar surface area (TPSA) is 123 Å². The van der Waals surface area contributed by atoms with Crippen molar-refractivity contribution in [2.45, 2.75) is 58.3 Å². The molecule has 0 spiro atoms. The molecule has 0 saturated heterocycles. The van der Waals surface area contributed by atoms with Crippen molar-refractivity contribution in [1.82, 2.24) is 25.7 Å². The number of aromatic nitrogens is 4. The molecule has 0 aliphatic heterocycles. The van der Waals surface area contributed by atoms with Crippen molar-refractivity contribution >= 4 is 5.91 Å². The molecule has 3 heterocycles. The number of ether oxygens (including phenoxy) is 1. The number of carbonyl (C=O) groups is 1. The van der Waals surface area contributed by atoms with Crippen LogP contribution in [-0.2, 0) is 6.61 Å². The van der Waals surface area contributed by atoms with E-state index in [9.17, 15) is 9.90 Å². The molecule has 162 valence electrons. The predicted octanol–water partition coefficient (Wildman–Crippen LogP) is 2.76. The van der Waals surface area contributed by atoms with E-state index in [1.54, 1.807) is 18.3 Å². The first kappa shape index (κ1) is 20.9. The third-order valence-corrected chi connectivity index (χ3v) is 5.39. The fourth-order valence-corrected chi connectivity index (χ4v) is 3.61. The summed E-state index contributed by atoms with van der Waals surface area (Å²) in [5.41, 5.74) is 3.43. The lowest BCUT2D eigenvalue weighted by Crippen LogP contribution is -2.40. The van der Waals surface area contributed by atoms with Gasteiger partial charge in [-0.2, -0.15) is 0 Å². The van der Waals surface area contributed by atoms with Crippen molar-refractivity contribution in [3.63, 3.8) is 0 Å². The number of pyridine rings is 1. The number of hydrogen-bond acceptors (Lipinski definition) is 8. The van der Waals surface area contributed by atoms with Crippen LogP contribution >= 0.6 is 0 Å². The van der Waals surface area contributed by atoms with Crippen molar-refractivity contribution in [3.05, 3.63) is 53.2 Å². The summed E-state index contributed by atoms with van der Waals surface area (Å²) in [5.74, 6) is 0.634. The summed E-state index contributed by atoms with van der Waals surface area (Å²) in [6.45, 7) is 3.93. The van der Waals surface area contributed by atoms with Gasteiger partial charge in [0.25, 0.3) is 5.91 Å². The van der Waals surface area contributed by atoms with Crippen LogP contribution in [0.3, 0.4) is 0 Å². The largest absolute Gasteiger partial charge is 0.472 e. The normalized spacial score (nSPS) is 18.5. The Bertz CT molecular complexity index is 1030. The molecule has 3 aromatic heterocycles. The average Bonchev–Trinajstić information content (AvgIpc) is 3.13. The minimum absolute atomic E-state index is 0.0415. The lowest BCUT2D eigenvalue weighted by atomic mass is 9.93. The van der Waals surface area contributed by atoms with Crippen LogP contribution < -0.4 is 10.1 Å². The Morgan fingerprint density at radius 1 is 1.23 bits per heavy atom. The van der Waals surface area contributed by atoms with Crippen LogP contribution in [0.1, 0.15) is 53.2 Å². The number of nitrogens with zero attached hydrogens (tertiary/aromatic N) is 4. The maximum Gasteiger partial charge on any atom is 0.272 e. The third kappa shape index (κ3) is 5.05. The zero-order valence-corrected chi connectivity index (χ0v) is 17.5. The zero-order valence-electron chi connectivity index (χ0n) is 17.5. The lowest BCUT2D eigenvalue weighted by Gasteiger charge is -2.26. The highest BCUT2D eigenvalue weighted by Crippen LogP contribution is 2.26. The molecule has 2 N–H and O–H groups in total. The SMILES string of the molecule is Cc1ccc(-c2noc(C)c2COc2ccc(C(=O)NC3CCCC(O)C3)nn2)cn1. The maximum atomic E-state index is 12.4. The summed E-state index contributed by atoms with van der Waals surface area (Å²) in [4.78, 5) is 16.7. The lowest BCUT2D eigenvalue weighted by molar-refractivity contribution is 0.0844. The van der Waals surface area contributed by atoms with Crippen molar-refractivity contribution in [2.24, 2.45) is 0 Å². The summed E-state index contributed by atoms with van der Waals surface area (Å²) in [5, 5.41) is 24.8. The summed E-state index contributed by atoms with van der Waals surface area (Å²) in [6, 6.07) is 6.98. The van der Waals surface area contributed by atoms with Gasteiger partial charge in [0.1, 0.15) is 18.1 Å². The van der Waals surface area contributed by atoms with Crippen LogP contribution in [-0.4, -0.2) is 43.5 Å². The second kappa shape index (κ2) is 9.22. The Balaban J connectivity index is 1.38. The third-order valence-electron chi connectivity index (χ3n) is 5.39. The molecule has 1 saturated carbocycles. The standard InChI is InChI=1S/C22H25N5O4/c1-13-6-7-15(11-23-13)21-18(14(2)31-27-21)12-30-20-9-8-19(25-26-20)22(29)24-16-4-3-5-17(28)10-16/h6-9,11,16-17,28H,3-5,10,12H2,1-2H3,(H,24,29). The van der Waals surface area contributed by atoms with Gasteiger partial charge in [0.15, 0.2) is 5.69 Å². The molecule has 2 atom stereocenters. The van der Waals surface area contributed by atoms with Crippen LogP contribution in [0.5, 0.6) is 5.88 Å². The van der Waals surface area contributed by atoms with E-state index < -0.39 is 0 Å². The van der Waals surface area contributed by atoms with Gasteiger partial charge < -0.3 is 19.7 Å². The summed E-state index contributed by atoms with van der Waals surface area (Å²) in [6.07, 6.45) is 4.49. The molecule has 1 amide bonds. The number of amides is 1. The summed E-state index contributed by atoms with van der Waals surface area (Å²) < 4.78 is 11.1. The molecule has 2 unspecified atom stereocenters. The monoisotopic (exact) mass is 423 g/mol. The second-order valence-corrected chi connectivity index (χ2v) is 7.79. The smallest absolute Gasteiger partial charge is 0.272 e. The first-order valence-corrected chi connectivity index (χ1v) is 10.3. The van der Waals surface area contributed by atoms with E-state index in [0.29, 0.717) is 23.8 Å². The van der Waals surface area contributed by atoms with Gasteiger partial charge >= 0.3 is 0 Å². The zero-order chi connectivity index (χ0) is 21.8. The Morgan fingerprint density at radius 2 is 2.10 bits per heavy atom. The van der Waals surface area contributed by atoms with Gasteiger partial charge in [-0.05, 0) is 57.7 Å². The highest BCUT2D eigenvalue weighted by molar-refractivity contribution is 5.92. The Labute approximate surface area is 179 Å². The van der Waals surface area contributed by atoms with Gasteiger partial charge in [-0.15, -0.1) is 10.2 Å². The van der Waals surface area contributed by atoms with E-state index in [1.807, 2.05) is 26.0 Å². The van der Waals surface area contributed by atoms with E-state index in [0.717, 1.165) is 36.1 Å². The molecule has 31 heavy (non-hydrogen) atoms. The van der Waals surface area contributed by atoms with Gasteiger partial charge in [0.05, 0.1) is 11.7 Å². The van der Waals surface area contributed by atoms with Crippen LogP contribution in [0.25, 0.3) is 11.3 Å². The summed E-state index contributed by atoms with van der Waals surface area (Å²) in [7, 11) is 0. The molecule has 3 aromatic rings. The first-order chi connectivity index (χ1) is 15.0. The molecule has 1 fully saturated rings. The average molecular weight is 423 g/mol. The molecule has 0 bridgehead atoms. The van der Waals surface area contributed by atoms with Gasteiger partial charge in [-0.1, -0.05) is 5.16 Å². The number of hydrogen-bond donors (Lipinski definition) is 2. The van der Waals surface area contributed by atoms with Crippen molar-refractivity contribution < 1.29 is 19.2 Å². The van der Waals surface area contributed by atoms with E-state index in [4.69, 9.17) is 9.26 Å². The quantitative estimate of drug-likeness (QED) is 0.620. The maximum absolute atomic E-state index is 12.4. The number of aliphatic hydroxyl groups is 1. The van der Waals surface area contributed by atoms with E-state index in [1.165, 1.54) is 0 Å². The summed E-state index contributed by atoms with van der Waals surface area (Å²) >= 11 is 0.